The van der Waals surface area contributed by atoms with E-state index in [9.17, 15) is 0 Å². The minimum Gasteiger partial charge on any atom is -0.338 e. The number of imidazole rings is 1. The summed E-state index contributed by atoms with van der Waals surface area (Å²) in [6.45, 7) is 5.66. The molecule has 0 aromatic carbocycles. The molecular formula is C11H19N3. The van der Waals surface area contributed by atoms with Gasteiger partial charge in [0.2, 0.25) is 0 Å². The monoisotopic (exact) mass is 193 g/mol. The SMILES string of the molecule is Cn1ccnc1CCNC1CC1(C)C. The fraction of sp³-hybridized carbons (Fsp3) is 0.727. The van der Waals surface area contributed by atoms with E-state index in [0.29, 0.717) is 5.41 Å². The summed E-state index contributed by atoms with van der Waals surface area (Å²) in [7, 11) is 2.05. The molecule has 0 spiro atoms. The fourth-order valence-corrected chi connectivity index (χ4v) is 1.81. The molecule has 1 aromatic heterocycles. The zero-order chi connectivity index (χ0) is 10.2. The maximum atomic E-state index is 4.29. The Morgan fingerprint density at radius 1 is 1.64 bits per heavy atom. The molecule has 2 rings (SSSR count). The molecule has 14 heavy (non-hydrogen) atoms. The molecule has 0 amide bonds. The Labute approximate surface area is 85.5 Å². The molecule has 78 valence electrons. The predicted octanol–water partition coefficient (Wildman–Crippen LogP) is 1.35. The van der Waals surface area contributed by atoms with Gasteiger partial charge in [-0.05, 0) is 11.8 Å². The molecule has 1 heterocycles. The van der Waals surface area contributed by atoms with Crippen LogP contribution in [0.3, 0.4) is 0 Å². The average molecular weight is 193 g/mol. The maximum absolute atomic E-state index is 4.29. The van der Waals surface area contributed by atoms with Crippen LogP contribution in [-0.2, 0) is 13.5 Å². The van der Waals surface area contributed by atoms with Gasteiger partial charge in [0.05, 0.1) is 0 Å². The van der Waals surface area contributed by atoms with E-state index >= 15 is 0 Å². The van der Waals surface area contributed by atoms with E-state index < -0.39 is 0 Å². The van der Waals surface area contributed by atoms with Crippen LogP contribution in [0.2, 0.25) is 0 Å². The molecule has 0 radical (unpaired) electrons. The van der Waals surface area contributed by atoms with Gasteiger partial charge < -0.3 is 9.88 Å². The molecule has 1 aliphatic rings. The van der Waals surface area contributed by atoms with Crippen LogP contribution in [-0.4, -0.2) is 22.1 Å². The van der Waals surface area contributed by atoms with E-state index in [0.717, 1.165) is 24.8 Å². The van der Waals surface area contributed by atoms with E-state index in [1.54, 1.807) is 0 Å². The van der Waals surface area contributed by atoms with Crippen LogP contribution in [0.1, 0.15) is 26.1 Å². The van der Waals surface area contributed by atoms with Crippen molar-refractivity contribution in [3.05, 3.63) is 18.2 Å². The number of rotatable bonds is 4. The zero-order valence-corrected chi connectivity index (χ0v) is 9.25. The summed E-state index contributed by atoms with van der Waals surface area (Å²) in [5.41, 5.74) is 0.529. The lowest BCUT2D eigenvalue weighted by molar-refractivity contribution is 0.538. The van der Waals surface area contributed by atoms with Gasteiger partial charge in [0.25, 0.3) is 0 Å². The third kappa shape index (κ3) is 1.98. The van der Waals surface area contributed by atoms with Gasteiger partial charge in [-0.3, -0.25) is 0 Å². The minimum atomic E-state index is 0.529. The van der Waals surface area contributed by atoms with Gasteiger partial charge in [-0.25, -0.2) is 4.98 Å². The van der Waals surface area contributed by atoms with E-state index in [1.807, 2.05) is 19.4 Å². The van der Waals surface area contributed by atoms with Crippen molar-refractivity contribution >= 4 is 0 Å². The highest BCUT2D eigenvalue weighted by molar-refractivity contribution is 5.02. The van der Waals surface area contributed by atoms with Crippen molar-refractivity contribution in [3.8, 4) is 0 Å². The van der Waals surface area contributed by atoms with Gasteiger partial charge >= 0.3 is 0 Å². The fourth-order valence-electron chi connectivity index (χ4n) is 1.81. The molecule has 0 bridgehead atoms. The Kier molecular flexibility index (Phi) is 2.35. The molecule has 1 N–H and O–H groups in total. The second-order valence-electron chi connectivity index (χ2n) is 4.90. The highest BCUT2D eigenvalue weighted by Gasteiger charge is 2.44. The largest absolute Gasteiger partial charge is 0.338 e. The second kappa shape index (κ2) is 3.39. The van der Waals surface area contributed by atoms with E-state index in [4.69, 9.17) is 0 Å². The van der Waals surface area contributed by atoms with Crippen molar-refractivity contribution in [1.29, 1.82) is 0 Å². The van der Waals surface area contributed by atoms with Crippen LogP contribution in [0.15, 0.2) is 12.4 Å². The van der Waals surface area contributed by atoms with Gasteiger partial charge in [0.1, 0.15) is 5.82 Å². The van der Waals surface area contributed by atoms with Gasteiger partial charge in [-0.2, -0.15) is 0 Å². The van der Waals surface area contributed by atoms with Crippen LogP contribution >= 0.6 is 0 Å². The second-order valence-corrected chi connectivity index (χ2v) is 4.90. The molecule has 1 unspecified atom stereocenters. The summed E-state index contributed by atoms with van der Waals surface area (Å²) in [5, 5.41) is 3.56. The van der Waals surface area contributed by atoms with E-state index in [1.165, 1.54) is 6.42 Å². The quantitative estimate of drug-likeness (QED) is 0.782. The Bertz CT molecular complexity index is 314. The van der Waals surface area contributed by atoms with Gasteiger partial charge in [0, 0.05) is 38.4 Å². The number of aryl methyl sites for hydroxylation is 1. The van der Waals surface area contributed by atoms with Crippen molar-refractivity contribution in [1.82, 2.24) is 14.9 Å². The number of nitrogens with zero attached hydrogens (tertiary/aromatic N) is 2. The highest BCUT2D eigenvalue weighted by atomic mass is 15.0. The molecule has 1 atom stereocenters. The topological polar surface area (TPSA) is 29.9 Å². The molecule has 3 heteroatoms. The van der Waals surface area contributed by atoms with Gasteiger partial charge in [-0.15, -0.1) is 0 Å². The summed E-state index contributed by atoms with van der Waals surface area (Å²) >= 11 is 0. The van der Waals surface area contributed by atoms with Crippen LogP contribution in [0.25, 0.3) is 0 Å². The molecule has 3 nitrogen and oxygen atoms in total. The maximum Gasteiger partial charge on any atom is 0.109 e. The molecule has 1 saturated carbocycles. The van der Waals surface area contributed by atoms with Gasteiger partial charge in [-0.1, -0.05) is 13.8 Å². The van der Waals surface area contributed by atoms with Crippen LogP contribution in [0.4, 0.5) is 0 Å². The van der Waals surface area contributed by atoms with Crippen molar-refractivity contribution in [3.63, 3.8) is 0 Å². The first-order valence-electron chi connectivity index (χ1n) is 5.29. The van der Waals surface area contributed by atoms with Gasteiger partial charge in [0.15, 0.2) is 0 Å². The molecule has 0 saturated heterocycles. The lowest BCUT2D eigenvalue weighted by atomic mass is 10.2. The van der Waals surface area contributed by atoms with Crippen molar-refractivity contribution in [2.75, 3.05) is 6.54 Å². The average Bonchev–Trinajstić information content (AvgIpc) is 2.53. The normalized spacial score (nSPS) is 23.8. The number of nitrogens with one attached hydrogen (secondary N) is 1. The molecule has 0 aliphatic heterocycles. The molecule has 1 fully saturated rings. The van der Waals surface area contributed by atoms with Crippen LogP contribution in [0.5, 0.6) is 0 Å². The number of hydrogen-bond donors (Lipinski definition) is 1. The molecule has 1 aromatic rings. The zero-order valence-electron chi connectivity index (χ0n) is 9.25. The van der Waals surface area contributed by atoms with E-state index in [2.05, 4.69) is 28.7 Å². The predicted molar refractivity (Wildman–Crippen MR) is 57.1 cm³/mol. The standard InChI is InChI=1S/C11H19N3/c1-11(2)8-9(11)12-5-4-10-13-6-7-14(10)3/h6-7,9,12H,4-5,8H2,1-3H3. The van der Waals surface area contributed by atoms with Crippen molar-refractivity contribution < 1.29 is 0 Å². The first kappa shape index (κ1) is 9.71. The third-order valence-corrected chi connectivity index (χ3v) is 3.17. The summed E-state index contributed by atoms with van der Waals surface area (Å²) in [6, 6.07) is 0.725. The Morgan fingerprint density at radius 2 is 2.36 bits per heavy atom. The lowest BCUT2D eigenvalue weighted by Gasteiger charge is -2.06. The van der Waals surface area contributed by atoms with Crippen LogP contribution in [0, 0.1) is 5.41 Å². The Balaban J connectivity index is 1.72. The molecular weight excluding hydrogens is 174 g/mol. The Hall–Kier alpha value is -0.830. The number of hydrogen-bond acceptors (Lipinski definition) is 2. The first-order valence-corrected chi connectivity index (χ1v) is 5.29. The minimum absolute atomic E-state index is 0.529. The van der Waals surface area contributed by atoms with Crippen LogP contribution < -0.4 is 5.32 Å². The first-order chi connectivity index (χ1) is 6.59. The number of aromatic nitrogens is 2. The summed E-state index contributed by atoms with van der Waals surface area (Å²) in [4.78, 5) is 4.29. The Morgan fingerprint density at radius 3 is 2.86 bits per heavy atom. The smallest absolute Gasteiger partial charge is 0.109 e. The molecule has 1 aliphatic carbocycles. The van der Waals surface area contributed by atoms with Crippen molar-refractivity contribution in [2.24, 2.45) is 12.5 Å². The van der Waals surface area contributed by atoms with E-state index in [-0.39, 0.29) is 0 Å². The summed E-state index contributed by atoms with van der Waals surface area (Å²) in [5.74, 6) is 1.16. The lowest BCUT2D eigenvalue weighted by Crippen LogP contribution is -2.23. The summed E-state index contributed by atoms with van der Waals surface area (Å²) < 4.78 is 2.08. The highest BCUT2D eigenvalue weighted by Crippen LogP contribution is 2.44. The van der Waals surface area contributed by atoms with Crippen molar-refractivity contribution in [2.45, 2.75) is 32.7 Å². The third-order valence-electron chi connectivity index (χ3n) is 3.17. The summed E-state index contributed by atoms with van der Waals surface area (Å²) in [6.07, 6.45) is 6.19.